The monoisotopic (exact) mass is 244 g/mol. The van der Waals surface area contributed by atoms with E-state index in [-0.39, 0.29) is 0 Å². The molecule has 92 valence electrons. The summed E-state index contributed by atoms with van der Waals surface area (Å²) in [5.41, 5.74) is 6.22. The SMILES string of the molecule is Cc1cnn(CC2=C=CC=CC=N2)c1C(=O)NO. The van der Waals surface area contributed by atoms with E-state index in [1.807, 2.05) is 6.08 Å². The normalized spacial score (nSPS) is 13.3. The summed E-state index contributed by atoms with van der Waals surface area (Å²) in [7, 11) is 0. The average Bonchev–Trinajstić information content (AvgIpc) is 2.58. The number of hydroxylamine groups is 1. The number of nitrogens with one attached hydrogen (secondary N) is 1. The van der Waals surface area contributed by atoms with E-state index in [2.05, 4.69) is 15.8 Å². The lowest BCUT2D eigenvalue weighted by atomic mass is 10.2. The molecule has 6 nitrogen and oxygen atoms in total. The molecule has 2 rings (SSSR count). The van der Waals surface area contributed by atoms with Gasteiger partial charge in [-0.2, -0.15) is 5.10 Å². The molecular formula is C12H12N4O2. The summed E-state index contributed by atoms with van der Waals surface area (Å²) in [4.78, 5) is 15.7. The molecule has 1 aliphatic rings. The van der Waals surface area contributed by atoms with Crippen molar-refractivity contribution in [3.05, 3.63) is 47.1 Å². The summed E-state index contributed by atoms with van der Waals surface area (Å²) in [6, 6.07) is 0. The number of hydrogen-bond acceptors (Lipinski definition) is 4. The Morgan fingerprint density at radius 3 is 3.17 bits per heavy atom. The second-order valence-corrected chi connectivity index (χ2v) is 3.70. The molecule has 0 aromatic carbocycles. The van der Waals surface area contributed by atoms with E-state index < -0.39 is 5.91 Å². The minimum atomic E-state index is -0.592. The Bertz CT molecular complexity index is 589. The predicted molar refractivity (Wildman–Crippen MR) is 65.4 cm³/mol. The van der Waals surface area contributed by atoms with Gasteiger partial charge in [0.05, 0.1) is 12.7 Å². The van der Waals surface area contributed by atoms with E-state index in [0.717, 1.165) is 0 Å². The molecule has 1 aliphatic heterocycles. The van der Waals surface area contributed by atoms with Crippen molar-refractivity contribution in [3.63, 3.8) is 0 Å². The van der Waals surface area contributed by atoms with Gasteiger partial charge in [0.15, 0.2) is 0 Å². The highest BCUT2D eigenvalue weighted by Crippen LogP contribution is 2.10. The molecule has 6 heteroatoms. The molecule has 0 fully saturated rings. The van der Waals surface area contributed by atoms with Crippen LogP contribution < -0.4 is 5.48 Å². The van der Waals surface area contributed by atoms with Crippen molar-refractivity contribution < 1.29 is 10.0 Å². The van der Waals surface area contributed by atoms with Crippen molar-refractivity contribution in [2.24, 2.45) is 4.99 Å². The predicted octanol–water partition coefficient (Wildman–Crippen LogP) is 0.990. The van der Waals surface area contributed by atoms with Crippen molar-refractivity contribution >= 4 is 12.1 Å². The third kappa shape index (κ3) is 2.45. The third-order valence-electron chi connectivity index (χ3n) is 2.41. The van der Waals surface area contributed by atoms with E-state index in [0.29, 0.717) is 23.5 Å². The van der Waals surface area contributed by atoms with Gasteiger partial charge in [-0.3, -0.25) is 19.7 Å². The second-order valence-electron chi connectivity index (χ2n) is 3.70. The number of aryl methyl sites for hydroxylation is 1. The molecule has 0 unspecified atom stereocenters. The van der Waals surface area contributed by atoms with Gasteiger partial charge in [-0.15, -0.1) is 0 Å². The standard InChI is InChI=1S/C12H12N4O2/c1-9-7-14-16(11(9)12(17)15-18)8-10-5-3-2-4-6-13-10/h2-4,6-7,18H,8H2,1H3,(H,15,17). The summed E-state index contributed by atoms with van der Waals surface area (Å²) in [5, 5.41) is 12.8. The van der Waals surface area contributed by atoms with Crippen molar-refractivity contribution in [2.45, 2.75) is 13.5 Å². The maximum absolute atomic E-state index is 11.5. The van der Waals surface area contributed by atoms with Crippen LogP contribution in [0.1, 0.15) is 16.1 Å². The van der Waals surface area contributed by atoms with Crippen LogP contribution >= 0.6 is 0 Å². The van der Waals surface area contributed by atoms with Crippen LogP contribution in [0.2, 0.25) is 0 Å². The van der Waals surface area contributed by atoms with Crippen LogP contribution in [0.5, 0.6) is 0 Å². The van der Waals surface area contributed by atoms with Gasteiger partial charge in [-0.05, 0) is 19.1 Å². The first-order valence-electron chi connectivity index (χ1n) is 5.34. The molecule has 0 atom stereocenters. The number of carbonyl (C=O) groups excluding carboxylic acids is 1. The summed E-state index contributed by atoms with van der Waals surface area (Å²) in [6.07, 6.45) is 8.55. The second kappa shape index (κ2) is 5.27. The van der Waals surface area contributed by atoms with Gasteiger partial charge in [-0.1, -0.05) is 11.8 Å². The van der Waals surface area contributed by atoms with Crippen LogP contribution in [0.25, 0.3) is 0 Å². The number of amides is 1. The number of carbonyl (C=O) groups is 1. The van der Waals surface area contributed by atoms with Gasteiger partial charge in [0, 0.05) is 11.8 Å². The molecule has 1 aromatic rings. The minimum absolute atomic E-state index is 0.305. The Morgan fingerprint density at radius 1 is 1.56 bits per heavy atom. The Balaban J connectivity index is 2.30. The molecule has 0 bridgehead atoms. The van der Waals surface area contributed by atoms with E-state index in [1.165, 1.54) is 4.68 Å². The molecule has 1 amide bonds. The number of aromatic nitrogens is 2. The van der Waals surface area contributed by atoms with E-state index in [1.54, 1.807) is 37.0 Å². The van der Waals surface area contributed by atoms with E-state index in [9.17, 15) is 4.79 Å². The minimum Gasteiger partial charge on any atom is -0.288 e. The Labute approximate surface area is 104 Å². The fraction of sp³-hybridized carbons (Fsp3) is 0.167. The Morgan fingerprint density at radius 2 is 2.39 bits per heavy atom. The molecular weight excluding hydrogens is 232 g/mol. The topological polar surface area (TPSA) is 79.5 Å². The van der Waals surface area contributed by atoms with Crippen molar-refractivity contribution in [1.29, 1.82) is 0 Å². The van der Waals surface area contributed by atoms with E-state index in [4.69, 9.17) is 5.21 Å². The fourth-order valence-corrected chi connectivity index (χ4v) is 1.60. The van der Waals surface area contributed by atoms with Crippen LogP contribution in [0.3, 0.4) is 0 Å². The van der Waals surface area contributed by atoms with Gasteiger partial charge in [0.2, 0.25) is 0 Å². The van der Waals surface area contributed by atoms with Gasteiger partial charge in [0.25, 0.3) is 5.91 Å². The first-order chi connectivity index (χ1) is 8.72. The van der Waals surface area contributed by atoms with Crippen molar-refractivity contribution in [3.8, 4) is 0 Å². The Hall–Kier alpha value is -2.43. The molecule has 0 radical (unpaired) electrons. The first kappa shape index (κ1) is 12.0. The summed E-state index contributed by atoms with van der Waals surface area (Å²) in [6.45, 7) is 2.06. The van der Waals surface area contributed by atoms with Crippen molar-refractivity contribution in [1.82, 2.24) is 15.3 Å². The Kier molecular flexibility index (Phi) is 3.52. The average molecular weight is 244 g/mol. The highest BCUT2D eigenvalue weighted by Gasteiger charge is 2.15. The summed E-state index contributed by atoms with van der Waals surface area (Å²) in [5.74, 6) is -0.592. The number of hydrogen-bond donors (Lipinski definition) is 2. The molecule has 2 N–H and O–H groups in total. The molecule has 0 saturated carbocycles. The summed E-state index contributed by atoms with van der Waals surface area (Å²) < 4.78 is 1.47. The van der Waals surface area contributed by atoms with Gasteiger partial charge in [-0.25, -0.2) is 5.48 Å². The quantitative estimate of drug-likeness (QED) is 0.472. The van der Waals surface area contributed by atoms with Gasteiger partial charge < -0.3 is 0 Å². The zero-order valence-corrected chi connectivity index (χ0v) is 9.79. The zero-order valence-electron chi connectivity index (χ0n) is 9.79. The molecule has 0 aliphatic carbocycles. The molecule has 1 aromatic heterocycles. The number of allylic oxidation sites excluding steroid dienone is 3. The van der Waals surface area contributed by atoms with Crippen LogP contribution in [0.4, 0.5) is 0 Å². The lowest BCUT2D eigenvalue weighted by Crippen LogP contribution is -2.24. The first-order valence-corrected chi connectivity index (χ1v) is 5.34. The lowest BCUT2D eigenvalue weighted by Gasteiger charge is -2.05. The third-order valence-corrected chi connectivity index (χ3v) is 2.41. The number of rotatable bonds is 3. The van der Waals surface area contributed by atoms with Crippen LogP contribution in [0, 0.1) is 6.92 Å². The number of aliphatic imine (C=N–C) groups is 1. The molecule has 0 saturated heterocycles. The fourth-order valence-electron chi connectivity index (χ4n) is 1.60. The highest BCUT2D eigenvalue weighted by molar-refractivity contribution is 5.93. The van der Waals surface area contributed by atoms with Gasteiger partial charge in [0.1, 0.15) is 11.4 Å². The lowest BCUT2D eigenvalue weighted by molar-refractivity contribution is 0.0694. The maximum Gasteiger partial charge on any atom is 0.293 e. The number of nitrogens with zero attached hydrogens (tertiary/aromatic N) is 3. The van der Waals surface area contributed by atoms with Crippen LogP contribution in [-0.4, -0.2) is 27.1 Å². The van der Waals surface area contributed by atoms with Crippen LogP contribution in [0.15, 0.2) is 40.8 Å². The highest BCUT2D eigenvalue weighted by atomic mass is 16.5. The summed E-state index contributed by atoms with van der Waals surface area (Å²) >= 11 is 0. The molecule has 2 heterocycles. The maximum atomic E-state index is 11.5. The van der Waals surface area contributed by atoms with Crippen molar-refractivity contribution in [2.75, 3.05) is 0 Å². The van der Waals surface area contributed by atoms with E-state index >= 15 is 0 Å². The van der Waals surface area contributed by atoms with Crippen LogP contribution in [-0.2, 0) is 6.54 Å². The smallest absolute Gasteiger partial charge is 0.288 e. The molecule has 18 heavy (non-hydrogen) atoms. The van der Waals surface area contributed by atoms with Gasteiger partial charge >= 0.3 is 0 Å². The molecule has 0 spiro atoms. The largest absolute Gasteiger partial charge is 0.293 e. The zero-order chi connectivity index (χ0) is 13.0.